The lowest BCUT2D eigenvalue weighted by Crippen LogP contribution is -1.91. The Hall–Kier alpha value is -2.12. The van der Waals surface area contributed by atoms with E-state index in [1.165, 1.54) is 10.4 Å². The topological polar surface area (TPSA) is 41.6 Å². The summed E-state index contributed by atoms with van der Waals surface area (Å²) < 4.78 is 2.08. The van der Waals surface area contributed by atoms with Gasteiger partial charge in [-0.05, 0) is 42.1 Å². The second-order valence-corrected chi connectivity index (χ2v) is 5.16. The maximum atomic E-state index is 8.92. The molecule has 3 aromatic rings. The molecule has 2 aromatic heterocycles. The van der Waals surface area contributed by atoms with Gasteiger partial charge in [-0.2, -0.15) is 5.26 Å². The van der Waals surface area contributed by atoms with Gasteiger partial charge in [0.2, 0.25) is 0 Å². The molecule has 0 aliphatic rings. The zero-order valence-corrected chi connectivity index (χ0v) is 11.0. The van der Waals surface area contributed by atoms with Crippen molar-refractivity contribution in [3.8, 4) is 16.8 Å². The molecule has 0 unspecified atom stereocenters. The third-order valence-corrected chi connectivity index (χ3v) is 4.09. The molecule has 2 heterocycles. The molecular formula is C14H11N3S. The molecule has 0 radical (unpaired) electrons. The van der Waals surface area contributed by atoms with Gasteiger partial charge in [0.1, 0.15) is 0 Å². The predicted molar refractivity (Wildman–Crippen MR) is 73.5 cm³/mol. The van der Waals surface area contributed by atoms with E-state index in [0.29, 0.717) is 5.56 Å². The van der Waals surface area contributed by atoms with E-state index in [-0.39, 0.29) is 0 Å². The SMILES string of the molecule is Cc1ccsc1-c1nc2cc(C#N)ccc2n1C. The number of nitriles is 1. The first-order chi connectivity index (χ1) is 8.70. The molecule has 4 heteroatoms. The van der Waals surface area contributed by atoms with Gasteiger partial charge in [-0.25, -0.2) is 4.98 Å². The highest BCUT2D eigenvalue weighted by Crippen LogP contribution is 2.30. The molecule has 1 aromatic carbocycles. The monoisotopic (exact) mass is 253 g/mol. The van der Waals surface area contributed by atoms with Crippen LogP contribution >= 0.6 is 11.3 Å². The molecule has 0 spiro atoms. The number of imidazole rings is 1. The average molecular weight is 253 g/mol. The lowest BCUT2D eigenvalue weighted by molar-refractivity contribution is 0.961. The van der Waals surface area contributed by atoms with Crippen molar-refractivity contribution >= 4 is 22.4 Å². The van der Waals surface area contributed by atoms with E-state index in [1.807, 2.05) is 25.2 Å². The van der Waals surface area contributed by atoms with Crippen LogP contribution in [0.4, 0.5) is 0 Å². The summed E-state index contributed by atoms with van der Waals surface area (Å²) in [6.45, 7) is 2.09. The summed E-state index contributed by atoms with van der Waals surface area (Å²) in [6, 6.07) is 9.86. The van der Waals surface area contributed by atoms with E-state index in [4.69, 9.17) is 5.26 Å². The fourth-order valence-electron chi connectivity index (χ4n) is 2.07. The molecular weight excluding hydrogens is 242 g/mol. The maximum Gasteiger partial charge on any atom is 0.151 e. The van der Waals surface area contributed by atoms with Crippen LogP contribution in [0.3, 0.4) is 0 Å². The molecule has 0 fully saturated rings. The van der Waals surface area contributed by atoms with Crippen molar-refractivity contribution in [2.24, 2.45) is 7.05 Å². The fourth-order valence-corrected chi connectivity index (χ4v) is 3.02. The Morgan fingerprint density at radius 2 is 2.17 bits per heavy atom. The van der Waals surface area contributed by atoms with Crippen molar-refractivity contribution < 1.29 is 0 Å². The van der Waals surface area contributed by atoms with Gasteiger partial charge in [0, 0.05) is 7.05 Å². The van der Waals surface area contributed by atoms with Crippen molar-refractivity contribution in [3.05, 3.63) is 40.8 Å². The molecule has 3 nitrogen and oxygen atoms in total. The van der Waals surface area contributed by atoms with Crippen molar-refractivity contribution in [2.45, 2.75) is 6.92 Å². The first-order valence-electron chi connectivity index (χ1n) is 5.62. The number of benzene rings is 1. The van der Waals surface area contributed by atoms with E-state index in [1.54, 1.807) is 11.3 Å². The standard InChI is InChI=1S/C14H11N3S/c1-9-5-6-18-13(9)14-16-11-7-10(8-15)3-4-12(11)17(14)2/h3-7H,1-2H3. The highest BCUT2D eigenvalue weighted by atomic mass is 32.1. The molecule has 0 atom stereocenters. The summed E-state index contributed by atoms with van der Waals surface area (Å²) in [5.74, 6) is 0.965. The van der Waals surface area contributed by atoms with Crippen molar-refractivity contribution in [1.29, 1.82) is 5.26 Å². The number of hydrogen-bond acceptors (Lipinski definition) is 3. The second kappa shape index (κ2) is 3.97. The summed E-state index contributed by atoms with van der Waals surface area (Å²) in [6.07, 6.45) is 0. The Morgan fingerprint density at radius 1 is 1.33 bits per heavy atom. The summed E-state index contributed by atoms with van der Waals surface area (Å²) in [5.41, 5.74) is 3.81. The number of aromatic nitrogens is 2. The highest BCUT2D eigenvalue weighted by molar-refractivity contribution is 7.13. The number of aryl methyl sites for hydroxylation is 2. The number of thiophene rings is 1. The van der Waals surface area contributed by atoms with E-state index in [9.17, 15) is 0 Å². The second-order valence-electron chi connectivity index (χ2n) is 4.24. The first kappa shape index (κ1) is 11.0. The first-order valence-corrected chi connectivity index (χ1v) is 6.49. The molecule has 0 aliphatic heterocycles. The third kappa shape index (κ3) is 1.52. The minimum atomic E-state index is 0.648. The molecule has 0 amide bonds. The van der Waals surface area contributed by atoms with Crippen LogP contribution in [-0.4, -0.2) is 9.55 Å². The molecule has 18 heavy (non-hydrogen) atoms. The van der Waals surface area contributed by atoms with Crippen LogP contribution in [-0.2, 0) is 7.05 Å². The zero-order valence-electron chi connectivity index (χ0n) is 10.1. The summed E-state index contributed by atoms with van der Waals surface area (Å²) in [5, 5.41) is 11.0. The Morgan fingerprint density at radius 3 is 2.83 bits per heavy atom. The largest absolute Gasteiger partial charge is 0.326 e. The minimum absolute atomic E-state index is 0.648. The summed E-state index contributed by atoms with van der Waals surface area (Å²) >= 11 is 1.69. The molecule has 0 N–H and O–H groups in total. The van der Waals surface area contributed by atoms with Gasteiger partial charge < -0.3 is 4.57 Å². The van der Waals surface area contributed by atoms with E-state index >= 15 is 0 Å². The van der Waals surface area contributed by atoms with Gasteiger partial charge in [-0.3, -0.25) is 0 Å². The van der Waals surface area contributed by atoms with E-state index in [2.05, 4.69) is 34.0 Å². The Kier molecular flexibility index (Phi) is 2.42. The third-order valence-electron chi connectivity index (χ3n) is 3.08. The van der Waals surface area contributed by atoms with Gasteiger partial charge in [-0.15, -0.1) is 11.3 Å². The lowest BCUT2D eigenvalue weighted by atomic mass is 10.2. The fraction of sp³-hybridized carbons (Fsp3) is 0.143. The van der Waals surface area contributed by atoms with E-state index < -0.39 is 0 Å². The molecule has 3 rings (SSSR count). The van der Waals surface area contributed by atoms with Crippen molar-refractivity contribution in [1.82, 2.24) is 9.55 Å². The Bertz CT molecular complexity index is 774. The van der Waals surface area contributed by atoms with Crippen LogP contribution in [0, 0.1) is 18.3 Å². The van der Waals surface area contributed by atoms with Crippen LogP contribution in [0.2, 0.25) is 0 Å². The van der Waals surface area contributed by atoms with Gasteiger partial charge >= 0.3 is 0 Å². The zero-order chi connectivity index (χ0) is 12.7. The summed E-state index contributed by atoms with van der Waals surface area (Å²) in [7, 11) is 2.01. The molecule has 0 saturated heterocycles. The number of rotatable bonds is 1. The lowest BCUT2D eigenvalue weighted by Gasteiger charge is -2.00. The molecule has 0 bridgehead atoms. The minimum Gasteiger partial charge on any atom is -0.326 e. The number of hydrogen-bond donors (Lipinski definition) is 0. The van der Waals surface area contributed by atoms with E-state index in [0.717, 1.165) is 16.9 Å². The van der Waals surface area contributed by atoms with Crippen LogP contribution in [0.1, 0.15) is 11.1 Å². The van der Waals surface area contributed by atoms with Crippen LogP contribution in [0.25, 0.3) is 21.7 Å². The average Bonchev–Trinajstić information content (AvgIpc) is 2.93. The smallest absolute Gasteiger partial charge is 0.151 e. The number of fused-ring (bicyclic) bond motifs is 1. The van der Waals surface area contributed by atoms with Crippen molar-refractivity contribution in [2.75, 3.05) is 0 Å². The Balaban J connectivity index is 2.30. The van der Waals surface area contributed by atoms with Gasteiger partial charge in [-0.1, -0.05) is 0 Å². The molecule has 88 valence electrons. The van der Waals surface area contributed by atoms with Crippen LogP contribution in [0.5, 0.6) is 0 Å². The molecule has 0 aliphatic carbocycles. The summed E-state index contributed by atoms with van der Waals surface area (Å²) in [4.78, 5) is 5.83. The van der Waals surface area contributed by atoms with Gasteiger partial charge in [0.05, 0.1) is 27.5 Å². The van der Waals surface area contributed by atoms with Crippen LogP contribution < -0.4 is 0 Å². The maximum absolute atomic E-state index is 8.92. The normalized spacial score (nSPS) is 10.7. The number of nitrogens with zero attached hydrogens (tertiary/aromatic N) is 3. The van der Waals surface area contributed by atoms with Gasteiger partial charge in [0.15, 0.2) is 5.82 Å². The molecule has 0 saturated carbocycles. The van der Waals surface area contributed by atoms with Crippen molar-refractivity contribution in [3.63, 3.8) is 0 Å². The Labute approximate surface area is 109 Å². The predicted octanol–water partition coefficient (Wildman–Crippen LogP) is 3.48. The highest BCUT2D eigenvalue weighted by Gasteiger charge is 2.13. The van der Waals surface area contributed by atoms with Gasteiger partial charge in [0.25, 0.3) is 0 Å². The quantitative estimate of drug-likeness (QED) is 0.666. The van der Waals surface area contributed by atoms with Crippen LogP contribution in [0.15, 0.2) is 29.6 Å².